The molecule has 1 aliphatic rings. The number of hydrogen-bond donors (Lipinski definition) is 1. The maximum atomic E-state index is 10.9. The Balaban J connectivity index is 1.55. The van der Waals surface area contributed by atoms with E-state index < -0.39 is 5.97 Å². The van der Waals surface area contributed by atoms with Gasteiger partial charge in [0.05, 0.1) is 22.5 Å². The summed E-state index contributed by atoms with van der Waals surface area (Å²) in [6.07, 6.45) is 2.40. The number of nitrogens with zero attached hydrogens (tertiary/aromatic N) is 5. The monoisotopic (exact) mass is 315 g/mol. The van der Waals surface area contributed by atoms with Crippen LogP contribution < -0.4 is 4.90 Å². The second-order valence-corrected chi connectivity index (χ2v) is 6.25. The standard InChI is InChI=1S/C14H13N5O2S/c20-13(21)11-8-19(17-16-11)9-5-6-18(7-9)14-15-10-3-1-2-4-12(10)22-14/h1-4,8-9H,5-7H2,(H,20,21). The van der Waals surface area contributed by atoms with Crippen LogP contribution in [0.3, 0.4) is 0 Å². The van der Waals surface area contributed by atoms with Crippen LogP contribution in [0.5, 0.6) is 0 Å². The normalized spacial score (nSPS) is 18.2. The van der Waals surface area contributed by atoms with Crippen molar-refractivity contribution in [2.45, 2.75) is 12.5 Å². The van der Waals surface area contributed by atoms with Gasteiger partial charge in [-0.3, -0.25) is 0 Å². The van der Waals surface area contributed by atoms with Crippen molar-refractivity contribution in [1.29, 1.82) is 0 Å². The summed E-state index contributed by atoms with van der Waals surface area (Å²) in [6, 6.07) is 8.22. The molecule has 3 aromatic rings. The number of carboxylic acid groups (broad SMARTS) is 1. The highest BCUT2D eigenvalue weighted by Crippen LogP contribution is 2.33. The van der Waals surface area contributed by atoms with Crippen LogP contribution in [0.1, 0.15) is 23.0 Å². The average Bonchev–Trinajstić information content (AvgIpc) is 3.24. The molecule has 2 aromatic heterocycles. The SMILES string of the molecule is O=C(O)c1cn(C2CCN(c3nc4ccccc4s3)C2)nn1. The number of carboxylic acids is 1. The Morgan fingerprint density at radius 2 is 2.23 bits per heavy atom. The number of para-hydroxylation sites is 1. The zero-order valence-electron chi connectivity index (χ0n) is 11.6. The molecule has 1 unspecified atom stereocenters. The van der Waals surface area contributed by atoms with Crippen molar-refractivity contribution >= 4 is 32.7 Å². The van der Waals surface area contributed by atoms with Crippen LogP contribution in [-0.2, 0) is 0 Å². The summed E-state index contributed by atoms with van der Waals surface area (Å²) in [5, 5.41) is 17.5. The zero-order chi connectivity index (χ0) is 15.1. The van der Waals surface area contributed by atoms with E-state index in [0.29, 0.717) is 0 Å². The predicted molar refractivity (Wildman–Crippen MR) is 82.5 cm³/mol. The quantitative estimate of drug-likeness (QED) is 0.796. The largest absolute Gasteiger partial charge is 0.476 e. The van der Waals surface area contributed by atoms with Gasteiger partial charge >= 0.3 is 5.97 Å². The van der Waals surface area contributed by atoms with Crippen LogP contribution in [0.15, 0.2) is 30.5 Å². The number of fused-ring (bicyclic) bond motifs is 1. The number of hydrogen-bond acceptors (Lipinski definition) is 6. The summed E-state index contributed by atoms with van der Waals surface area (Å²) in [4.78, 5) is 17.8. The van der Waals surface area contributed by atoms with Gasteiger partial charge in [-0.1, -0.05) is 28.7 Å². The fraction of sp³-hybridized carbons (Fsp3) is 0.286. The molecule has 0 aliphatic carbocycles. The number of anilines is 1. The van der Waals surface area contributed by atoms with E-state index in [2.05, 4.69) is 26.3 Å². The molecule has 112 valence electrons. The lowest BCUT2D eigenvalue weighted by molar-refractivity contribution is 0.0690. The van der Waals surface area contributed by atoms with Gasteiger partial charge in [0.25, 0.3) is 0 Å². The molecule has 1 saturated heterocycles. The predicted octanol–water partition coefficient (Wildman–Crippen LogP) is 2.04. The van der Waals surface area contributed by atoms with Crippen LogP contribution in [0.2, 0.25) is 0 Å². The highest BCUT2D eigenvalue weighted by Gasteiger charge is 2.27. The van der Waals surface area contributed by atoms with Gasteiger partial charge in [-0.15, -0.1) is 5.10 Å². The van der Waals surface area contributed by atoms with Crippen LogP contribution in [0.25, 0.3) is 10.2 Å². The molecule has 8 heteroatoms. The van der Waals surface area contributed by atoms with Crippen molar-refractivity contribution in [3.05, 3.63) is 36.2 Å². The third-order valence-electron chi connectivity index (χ3n) is 3.82. The Bertz CT molecular complexity index is 810. The van der Waals surface area contributed by atoms with Crippen LogP contribution in [0, 0.1) is 0 Å². The minimum atomic E-state index is -1.05. The first-order chi connectivity index (χ1) is 10.7. The van der Waals surface area contributed by atoms with Gasteiger partial charge in [-0.25, -0.2) is 14.5 Å². The second-order valence-electron chi connectivity index (χ2n) is 5.24. The Morgan fingerprint density at radius 3 is 3.00 bits per heavy atom. The molecule has 4 rings (SSSR count). The van der Waals surface area contributed by atoms with Crippen molar-refractivity contribution in [2.75, 3.05) is 18.0 Å². The summed E-state index contributed by atoms with van der Waals surface area (Å²) < 4.78 is 2.83. The average molecular weight is 315 g/mol. The van der Waals surface area contributed by atoms with Crippen molar-refractivity contribution < 1.29 is 9.90 Å². The molecule has 1 fully saturated rings. The smallest absolute Gasteiger partial charge is 0.358 e. The Labute approximate surface area is 129 Å². The van der Waals surface area contributed by atoms with Crippen molar-refractivity contribution in [2.24, 2.45) is 0 Å². The molecule has 0 bridgehead atoms. The number of aromatic nitrogens is 4. The molecular formula is C14H13N5O2S. The first-order valence-corrected chi connectivity index (χ1v) is 7.78. The van der Waals surface area contributed by atoms with Gasteiger partial charge in [0.1, 0.15) is 0 Å². The maximum Gasteiger partial charge on any atom is 0.358 e. The van der Waals surface area contributed by atoms with Gasteiger partial charge in [-0.2, -0.15) is 0 Å². The molecule has 1 aromatic carbocycles. The van der Waals surface area contributed by atoms with E-state index >= 15 is 0 Å². The fourth-order valence-electron chi connectivity index (χ4n) is 2.68. The molecule has 0 amide bonds. The van der Waals surface area contributed by atoms with E-state index in [0.717, 1.165) is 30.2 Å². The lowest BCUT2D eigenvalue weighted by Gasteiger charge is -2.14. The number of benzene rings is 1. The Kier molecular flexibility index (Phi) is 3.04. The van der Waals surface area contributed by atoms with E-state index in [1.54, 1.807) is 16.0 Å². The van der Waals surface area contributed by atoms with Crippen LogP contribution >= 0.6 is 11.3 Å². The topological polar surface area (TPSA) is 84.1 Å². The number of carbonyl (C=O) groups is 1. The summed E-state index contributed by atoms with van der Waals surface area (Å²) in [5.74, 6) is -1.05. The van der Waals surface area contributed by atoms with E-state index in [-0.39, 0.29) is 11.7 Å². The summed E-state index contributed by atoms with van der Waals surface area (Å²) >= 11 is 1.68. The minimum Gasteiger partial charge on any atom is -0.476 e. The molecule has 22 heavy (non-hydrogen) atoms. The van der Waals surface area contributed by atoms with Gasteiger partial charge in [-0.05, 0) is 18.6 Å². The summed E-state index contributed by atoms with van der Waals surface area (Å²) in [7, 11) is 0. The molecule has 0 radical (unpaired) electrons. The Hall–Kier alpha value is -2.48. The van der Waals surface area contributed by atoms with Crippen molar-refractivity contribution in [3.63, 3.8) is 0 Å². The Morgan fingerprint density at radius 1 is 1.36 bits per heavy atom. The zero-order valence-corrected chi connectivity index (χ0v) is 12.4. The van der Waals surface area contributed by atoms with Crippen molar-refractivity contribution in [3.8, 4) is 0 Å². The third-order valence-corrected chi connectivity index (χ3v) is 4.92. The second kappa shape index (κ2) is 5.06. The van der Waals surface area contributed by atoms with Gasteiger partial charge in [0.2, 0.25) is 0 Å². The van der Waals surface area contributed by atoms with Crippen LogP contribution in [-0.4, -0.2) is 44.1 Å². The lowest BCUT2D eigenvalue weighted by Crippen LogP contribution is -2.20. The molecular weight excluding hydrogens is 302 g/mol. The van der Waals surface area contributed by atoms with E-state index in [4.69, 9.17) is 5.11 Å². The molecule has 1 N–H and O–H groups in total. The molecule has 1 atom stereocenters. The summed E-state index contributed by atoms with van der Waals surface area (Å²) in [5.41, 5.74) is 0.998. The van der Waals surface area contributed by atoms with E-state index in [1.165, 1.54) is 10.9 Å². The third kappa shape index (κ3) is 2.21. The number of thiazole rings is 1. The highest BCUT2D eigenvalue weighted by atomic mass is 32.1. The molecule has 0 saturated carbocycles. The first-order valence-electron chi connectivity index (χ1n) is 6.96. The number of aromatic carboxylic acids is 1. The fourth-order valence-corrected chi connectivity index (χ4v) is 3.68. The van der Waals surface area contributed by atoms with E-state index in [9.17, 15) is 4.79 Å². The first kappa shape index (κ1) is 13.2. The van der Waals surface area contributed by atoms with Gasteiger partial charge in [0.15, 0.2) is 10.8 Å². The molecule has 3 heterocycles. The van der Waals surface area contributed by atoms with Gasteiger partial charge < -0.3 is 10.0 Å². The van der Waals surface area contributed by atoms with Crippen LogP contribution in [0.4, 0.5) is 5.13 Å². The highest BCUT2D eigenvalue weighted by molar-refractivity contribution is 7.22. The van der Waals surface area contributed by atoms with E-state index in [1.807, 2.05) is 18.2 Å². The van der Waals surface area contributed by atoms with Crippen molar-refractivity contribution in [1.82, 2.24) is 20.0 Å². The van der Waals surface area contributed by atoms with Gasteiger partial charge in [0, 0.05) is 13.1 Å². The summed E-state index contributed by atoms with van der Waals surface area (Å²) in [6.45, 7) is 1.65. The number of rotatable bonds is 3. The molecule has 1 aliphatic heterocycles. The molecule has 7 nitrogen and oxygen atoms in total. The minimum absolute atomic E-state index is 0.0153. The molecule has 0 spiro atoms. The lowest BCUT2D eigenvalue weighted by atomic mass is 10.3. The maximum absolute atomic E-state index is 10.9.